The molecule has 2 aromatic carbocycles. The molecule has 0 radical (unpaired) electrons. The second-order valence-corrected chi connectivity index (χ2v) is 8.50. The first-order valence-electron chi connectivity index (χ1n) is 10.7. The molecule has 0 spiro atoms. The molecule has 2 heterocycles. The van der Waals surface area contributed by atoms with Crippen LogP contribution < -0.4 is 10.2 Å². The molecular weight excluding hydrogens is 358 g/mol. The van der Waals surface area contributed by atoms with Gasteiger partial charge in [-0.2, -0.15) is 0 Å². The number of pyridine rings is 1. The smallest absolute Gasteiger partial charge is 0.252 e. The molecular formula is C25H27N3O. The first-order valence-corrected chi connectivity index (χ1v) is 10.7. The van der Waals surface area contributed by atoms with E-state index in [9.17, 15) is 4.79 Å². The van der Waals surface area contributed by atoms with Crippen molar-refractivity contribution in [3.63, 3.8) is 0 Å². The SMILES string of the molecule is C[C@H]1CCCN(c2cc(C(=O)N[C@H]3CCc4ccccc43)c3ccccc3n2)C1. The van der Waals surface area contributed by atoms with E-state index in [0.29, 0.717) is 5.92 Å². The Balaban J connectivity index is 1.49. The van der Waals surface area contributed by atoms with Gasteiger partial charge in [0.25, 0.3) is 5.91 Å². The van der Waals surface area contributed by atoms with Crippen molar-refractivity contribution in [1.82, 2.24) is 10.3 Å². The monoisotopic (exact) mass is 385 g/mol. The van der Waals surface area contributed by atoms with E-state index in [-0.39, 0.29) is 11.9 Å². The van der Waals surface area contributed by atoms with Crippen LogP contribution in [0.1, 0.15) is 53.7 Å². The molecule has 1 saturated heterocycles. The number of fused-ring (bicyclic) bond motifs is 2. The van der Waals surface area contributed by atoms with E-state index in [4.69, 9.17) is 4.98 Å². The number of carbonyl (C=O) groups is 1. The van der Waals surface area contributed by atoms with Gasteiger partial charge in [-0.25, -0.2) is 4.98 Å². The van der Waals surface area contributed by atoms with Crippen molar-refractivity contribution in [3.8, 4) is 0 Å². The van der Waals surface area contributed by atoms with E-state index >= 15 is 0 Å². The van der Waals surface area contributed by atoms with Crippen LogP contribution in [0.5, 0.6) is 0 Å². The fourth-order valence-corrected chi connectivity index (χ4v) is 4.85. The van der Waals surface area contributed by atoms with Crippen LogP contribution in [-0.2, 0) is 6.42 Å². The molecule has 3 aromatic rings. The summed E-state index contributed by atoms with van der Waals surface area (Å²) in [5, 5.41) is 4.22. The van der Waals surface area contributed by atoms with Crippen LogP contribution in [-0.4, -0.2) is 24.0 Å². The Bertz CT molecular complexity index is 1060. The van der Waals surface area contributed by atoms with E-state index in [0.717, 1.165) is 48.2 Å². The number of nitrogens with one attached hydrogen (secondary N) is 1. The number of rotatable bonds is 3. The number of hydrogen-bond donors (Lipinski definition) is 1. The highest BCUT2D eigenvalue weighted by molar-refractivity contribution is 6.07. The highest BCUT2D eigenvalue weighted by Crippen LogP contribution is 2.32. The third kappa shape index (κ3) is 3.48. The van der Waals surface area contributed by atoms with Crippen LogP contribution >= 0.6 is 0 Å². The van der Waals surface area contributed by atoms with Gasteiger partial charge in [-0.3, -0.25) is 4.79 Å². The predicted molar refractivity (Wildman–Crippen MR) is 117 cm³/mol. The Labute approximate surface area is 171 Å². The minimum Gasteiger partial charge on any atom is -0.356 e. The van der Waals surface area contributed by atoms with Crippen LogP contribution in [0.2, 0.25) is 0 Å². The van der Waals surface area contributed by atoms with E-state index in [1.165, 1.54) is 24.0 Å². The number of para-hydroxylation sites is 1. The van der Waals surface area contributed by atoms with Gasteiger partial charge in [0.2, 0.25) is 0 Å². The summed E-state index contributed by atoms with van der Waals surface area (Å²) in [6.45, 7) is 4.30. The normalized spacial score (nSPS) is 21.2. The number of aromatic nitrogens is 1. The van der Waals surface area contributed by atoms with Crippen molar-refractivity contribution in [2.75, 3.05) is 18.0 Å². The van der Waals surface area contributed by atoms with Crippen molar-refractivity contribution >= 4 is 22.6 Å². The highest BCUT2D eigenvalue weighted by Gasteiger charge is 2.26. The minimum absolute atomic E-state index is 0.00314. The molecule has 0 saturated carbocycles. The first-order chi connectivity index (χ1) is 14.2. The molecule has 1 aliphatic heterocycles. The van der Waals surface area contributed by atoms with Crippen LogP contribution in [0.15, 0.2) is 54.6 Å². The number of benzene rings is 2. The van der Waals surface area contributed by atoms with Gasteiger partial charge in [0.1, 0.15) is 5.82 Å². The molecule has 2 atom stereocenters. The van der Waals surface area contributed by atoms with Gasteiger partial charge >= 0.3 is 0 Å². The van der Waals surface area contributed by atoms with Crippen LogP contribution in [0.4, 0.5) is 5.82 Å². The number of aryl methyl sites for hydroxylation is 1. The number of anilines is 1. The lowest BCUT2D eigenvalue weighted by molar-refractivity contribution is 0.0938. The summed E-state index contributed by atoms with van der Waals surface area (Å²) in [6, 6.07) is 18.5. The molecule has 0 bridgehead atoms. The second-order valence-electron chi connectivity index (χ2n) is 8.50. The molecule has 29 heavy (non-hydrogen) atoms. The van der Waals surface area contributed by atoms with E-state index in [2.05, 4.69) is 41.4 Å². The summed E-state index contributed by atoms with van der Waals surface area (Å²) in [6.07, 6.45) is 4.42. The molecule has 5 rings (SSSR count). The average molecular weight is 386 g/mol. The quantitative estimate of drug-likeness (QED) is 0.698. The Morgan fingerprint density at radius 3 is 2.83 bits per heavy atom. The highest BCUT2D eigenvalue weighted by atomic mass is 16.1. The second kappa shape index (κ2) is 7.51. The maximum Gasteiger partial charge on any atom is 0.252 e. The summed E-state index contributed by atoms with van der Waals surface area (Å²) in [5.41, 5.74) is 4.22. The van der Waals surface area contributed by atoms with E-state index in [1.807, 2.05) is 30.3 Å². The molecule has 148 valence electrons. The zero-order valence-electron chi connectivity index (χ0n) is 16.9. The number of hydrogen-bond acceptors (Lipinski definition) is 3. The molecule has 1 aromatic heterocycles. The van der Waals surface area contributed by atoms with Gasteiger partial charge < -0.3 is 10.2 Å². The number of amides is 1. The summed E-state index contributed by atoms with van der Waals surface area (Å²) in [7, 11) is 0. The summed E-state index contributed by atoms with van der Waals surface area (Å²) < 4.78 is 0. The zero-order valence-corrected chi connectivity index (χ0v) is 16.9. The standard InChI is InChI=1S/C25H27N3O/c1-17-7-6-14-28(16-17)24-15-21(20-10-4-5-11-22(20)26-24)25(29)27-23-13-12-18-8-2-3-9-19(18)23/h2-5,8-11,15,17,23H,6-7,12-14,16H2,1H3,(H,27,29)/t17-,23-/m0/s1. The molecule has 1 amide bonds. The third-order valence-electron chi connectivity index (χ3n) is 6.37. The molecule has 4 nitrogen and oxygen atoms in total. The topological polar surface area (TPSA) is 45.2 Å². The zero-order chi connectivity index (χ0) is 19.8. The van der Waals surface area contributed by atoms with Crippen molar-refractivity contribution in [2.24, 2.45) is 5.92 Å². The molecule has 2 aliphatic rings. The summed E-state index contributed by atoms with van der Waals surface area (Å²) >= 11 is 0. The minimum atomic E-state index is -0.00314. The number of carbonyl (C=O) groups excluding carboxylic acids is 1. The van der Waals surface area contributed by atoms with Crippen molar-refractivity contribution < 1.29 is 4.79 Å². The molecule has 1 aliphatic carbocycles. The maximum absolute atomic E-state index is 13.4. The van der Waals surface area contributed by atoms with Crippen LogP contribution in [0.25, 0.3) is 10.9 Å². The first kappa shape index (κ1) is 18.2. The fourth-order valence-electron chi connectivity index (χ4n) is 4.85. The van der Waals surface area contributed by atoms with Crippen molar-refractivity contribution in [3.05, 3.63) is 71.3 Å². The Kier molecular flexibility index (Phi) is 4.70. The van der Waals surface area contributed by atoms with Crippen molar-refractivity contribution in [2.45, 2.75) is 38.6 Å². The number of piperidine rings is 1. The van der Waals surface area contributed by atoms with Gasteiger partial charge in [0.15, 0.2) is 0 Å². The van der Waals surface area contributed by atoms with Gasteiger partial charge in [-0.15, -0.1) is 0 Å². The van der Waals surface area contributed by atoms with Crippen LogP contribution in [0, 0.1) is 5.92 Å². The molecule has 0 unspecified atom stereocenters. The van der Waals surface area contributed by atoms with Gasteiger partial charge in [0, 0.05) is 18.5 Å². The lowest BCUT2D eigenvalue weighted by Gasteiger charge is -2.32. The predicted octanol–water partition coefficient (Wildman–Crippen LogP) is 4.89. The third-order valence-corrected chi connectivity index (χ3v) is 6.37. The molecule has 1 fully saturated rings. The van der Waals surface area contributed by atoms with Gasteiger partial charge in [-0.1, -0.05) is 49.4 Å². The van der Waals surface area contributed by atoms with Crippen LogP contribution in [0.3, 0.4) is 0 Å². The Hall–Kier alpha value is -2.88. The fraction of sp³-hybridized carbons (Fsp3) is 0.360. The Morgan fingerprint density at radius 1 is 1.10 bits per heavy atom. The van der Waals surface area contributed by atoms with E-state index < -0.39 is 0 Å². The van der Waals surface area contributed by atoms with Gasteiger partial charge in [0.05, 0.1) is 17.1 Å². The van der Waals surface area contributed by atoms with Crippen molar-refractivity contribution in [1.29, 1.82) is 0 Å². The lowest BCUT2D eigenvalue weighted by atomic mass is 10.00. The summed E-state index contributed by atoms with van der Waals surface area (Å²) in [5.74, 6) is 1.58. The molecule has 1 N–H and O–H groups in total. The summed E-state index contributed by atoms with van der Waals surface area (Å²) in [4.78, 5) is 20.6. The number of nitrogens with zero attached hydrogens (tertiary/aromatic N) is 2. The molecule has 4 heteroatoms. The average Bonchev–Trinajstić information content (AvgIpc) is 3.16. The van der Waals surface area contributed by atoms with Gasteiger partial charge in [-0.05, 0) is 54.9 Å². The largest absolute Gasteiger partial charge is 0.356 e. The van der Waals surface area contributed by atoms with E-state index in [1.54, 1.807) is 0 Å². The Morgan fingerprint density at radius 2 is 1.93 bits per heavy atom. The lowest BCUT2D eigenvalue weighted by Crippen LogP contribution is -2.35. The maximum atomic E-state index is 13.4.